The van der Waals surface area contributed by atoms with Crippen LogP contribution in [0.3, 0.4) is 0 Å². The first-order valence-electron chi connectivity index (χ1n) is 12.0. The molecule has 3 aromatic rings. The van der Waals surface area contributed by atoms with E-state index in [4.69, 9.17) is 23.9 Å². The average Bonchev–Trinajstić information content (AvgIpc) is 2.85. The molecule has 0 unspecified atom stereocenters. The van der Waals surface area contributed by atoms with Crippen molar-refractivity contribution in [3.8, 4) is 17.4 Å². The highest BCUT2D eigenvalue weighted by molar-refractivity contribution is 5.86. The van der Waals surface area contributed by atoms with Crippen molar-refractivity contribution < 1.29 is 18.9 Å². The number of ether oxygens (including phenoxy) is 4. The molecule has 6 heteroatoms. The van der Waals surface area contributed by atoms with Gasteiger partial charge in [-0.2, -0.15) is 0 Å². The number of hydrogen-bond donors (Lipinski definition) is 0. The molecular weight excluding hydrogens is 416 g/mol. The monoisotopic (exact) mass is 450 g/mol. The summed E-state index contributed by atoms with van der Waals surface area (Å²) < 4.78 is 23.6. The molecule has 1 aliphatic rings. The zero-order valence-electron chi connectivity index (χ0n) is 19.7. The van der Waals surface area contributed by atoms with Gasteiger partial charge in [0.1, 0.15) is 18.1 Å². The molecule has 176 valence electrons. The van der Waals surface area contributed by atoms with Crippen LogP contribution in [0.1, 0.15) is 50.3 Å². The van der Waals surface area contributed by atoms with Gasteiger partial charge in [-0.3, -0.25) is 0 Å². The van der Waals surface area contributed by atoms with E-state index in [1.807, 2.05) is 37.3 Å². The average molecular weight is 451 g/mol. The first kappa shape index (κ1) is 23.3. The third-order valence-electron chi connectivity index (χ3n) is 6.12. The third-order valence-corrected chi connectivity index (χ3v) is 6.12. The molecule has 0 spiro atoms. The van der Waals surface area contributed by atoms with E-state index in [0.717, 1.165) is 79.0 Å². The number of nitrogens with zero attached hydrogens (tertiary/aromatic N) is 2. The van der Waals surface area contributed by atoms with Crippen molar-refractivity contribution in [2.45, 2.75) is 52.6 Å². The number of pyridine rings is 2. The van der Waals surface area contributed by atoms with Gasteiger partial charge in [0.25, 0.3) is 0 Å². The lowest BCUT2D eigenvalue weighted by molar-refractivity contribution is 0.0593. The first-order chi connectivity index (χ1) is 16.2. The normalized spacial score (nSPS) is 14.4. The van der Waals surface area contributed by atoms with Crippen LogP contribution in [0, 0.1) is 12.8 Å². The Morgan fingerprint density at radius 1 is 1.03 bits per heavy atom. The van der Waals surface area contributed by atoms with Gasteiger partial charge in [-0.15, -0.1) is 0 Å². The van der Waals surface area contributed by atoms with Crippen LogP contribution in [0.15, 0.2) is 42.6 Å². The predicted molar refractivity (Wildman–Crippen MR) is 129 cm³/mol. The molecule has 3 heterocycles. The van der Waals surface area contributed by atoms with Crippen molar-refractivity contribution in [2.75, 3.05) is 26.4 Å². The van der Waals surface area contributed by atoms with Crippen LogP contribution >= 0.6 is 0 Å². The van der Waals surface area contributed by atoms with E-state index in [0.29, 0.717) is 31.6 Å². The summed E-state index contributed by atoms with van der Waals surface area (Å²) >= 11 is 0. The second kappa shape index (κ2) is 11.8. The lowest BCUT2D eigenvalue weighted by atomic mass is 9.97. The van der Waals surface area contributed by atoms with Crippen LogP contribution in [0.25, 0.3) is 10.9 Å². The number of benzene rings is 1. The van der Waals surface area contributed by atoms with Crippen molar-refractivity contribution in [1.82, 2.24) is 9.97 Å². The van der Waals surface area contributed by atoms with Crippen molar-refractivity contribution >= 4 is 10.9 Å². The Hall–Kier alpha value is -2.86. The van der Waals surface area contributed by atoms with Gasteiger partial charge >= 0.3 is 0 Å². The summed E-state index contributed by atoms with van der Waals surface area (Å²) in [5.74, 6) is 2.89. The van der Waals surface area contributed by atoms with Crippen LogP contribution in [-0.4, -0.2) is 36.4 Å². The molecule has 0 amide bonds. The Labute approximate surface area is 196 Å². The molecule has 1 aromatic carbocycles. The Kier molecular flexibility index (Phi) is 8.36. The lowest BCUT2D eigenvalue weighted by Gasteiger charge is -2.21. The first-order valence-corrected chi connectivity index (χ1v) is 12.0. The summed E-state index contributed by atoms with van der Waals surface area (Å²) in [5.41, 5.74) is 2.77. The maximum absolute atomic E-state index is 6.16. The maximum Gasteiger partial charge on any atom is 0.217 e. The fourth-order valence-corrected chi connectivity index (χ4v) is 4.05. The number of rotatable bonds is 11. The Morgan fingerprint density at radius 3 is 2.73 bits per heavy atom. The molecule has 1 saturated heterocycles. The number of para-hydroxylation sites is 1. The molecule has 1 aliphatic heterocycles. The van der Waals surface area contributed by atoms with Crippen LogP contribution in [-0.2, 0) is 11.3 Å². The van der Waals surface area contributed by atoms with Gasteiger partial charge < -0.3 is 18.9 Å². The van der Waals surface area contributed by atoms with Crippen molar-refractivity contribution in [3.63, 3.8) is 0 Å². The van der Waals surface area contributed by atoms with Gasteiger partial charge in [-0.05, 0) is 56.7 Å². The van der Waals surface area contributed by atoms with E-state index in [1.165, 1.54) is 0 Å². The maximum atomic E-state index is 6.16. The zero-order chi connectivity index (χ0) is 22.9. The summed E-state index contributed by atoms with van der Waals surface area (Å²) in [7, 11) is 0. The van der Waals surface area contributed by atoms with Gasteiger partial charge in [0.15, 0.2) is 0 Å². The summed E-state index contributed by atoms with van der Waals surface area (Å²) in [6.45, 7) is 7.65. The van der Waals surface area contributed by atoms with E-state index < -0.39 is 0 Å². The molecule has 0 atom stereocenters. The van der Waals surface area contributed by atoms with Crippen molar-refractivity contribution in [3.05, 3.63) is 53.9 Å². The fourth-order valence-electron chi connectivity index (χ4n) is 4.05. The fraction of sp³-hybridized carbons (Fsp3) is 0.481. The van der Waals surface area contributed by atoms with Gasteiger partial charge in [-0.1, -0.05) is 25.5 Å². The molecule has 33 heavy (non-hydrogen) atoms. The number of unbranched alkanes of at least 4 members (excludes halogenated alkanes) is 1. The minimum atomic E-state index is 0.319. The Balaban J connectivity index is 1.40. The van der Waals surface area contributed by atoms with E-state index in [2.05, 4.69) is 18.0 Å². The SMILES string of the molecule is CCCCOc1c(C)c(COc2cc(OCCC3CCOCC3)ccn2)nc2ccccc12. The highest BCUT2D eigenvalue weighted by atomic mass is 16.5. The largest absolute Gasteiger partial charge is 0.493 e. The second-order valence-electron chi connectivity index (χ2n) is 8.54. The minimum Gasteiger partial charge on any atom is -0.493 e. The quantitative estimate of drug-likeness (QED) is 0.339. The van der Waals surface area contributed by atoms with Crippen LogP contribution < -0.4 is 14.2 Å². The van der Waals surface area contributed by atoms with E-state index in [1.54, 1.807) is 6.20 Å². The van der Waals surface area contributed by atoms with Crippen LogP contribution in [0.5, 0.6) is 17.4 Å². The minimum absolute atomic E-state index is 0.319. The second-order valence-corrected chi connectivity index (χ2v) is 8.54. The summed E-state index contributed by atoms with van der Waals surface area (Å²) in [6, 6.07) is 11.8. The van der Waals surface area contributed by atoms with Gasteiger partial charge in [0.05, 0.1) is 24.4 Å². The molecule has 0 aliphatic carbocycles. The lowest BCUT2D eigenvalue weighted by Crippen LogP contribution is -2.17. The Morgan fingerprint density at radius 2 is 1.88 bits per heavy atom. The van der Waals surface area contributed by atoms with Crippen molar-refractivity contribution in [1.29, 1.82) is 0 Å². The number of fused-ring (bicyclic) bond motifs is 1. The molecule has 2 aromatic heterocycles. The molecular formula is C27H34N2O4. The third kappa shape index (κ3) is 6.35. The topological polar surface area (TPSA) is 62.7 Å². The van der Waals surface area contributed by atoms with E-state index in [-0.39, 0.29) is 0 Å². The van der Waals surface area contributed by atoms with Gasteiger partial charge in [0, 0.05) is 36.4 Å². The molecule has 0 saturated carbocycles. The Bertz CT molecular complexity index is 1030. The summed E-state index contributed by atoms with van der Waals surface area (Å²) in [6.07, 6.45) is 7.12. The van der Waals surface area contributed by atoms with Gasteiger partial charge in [-0.25, -0.2) is 9.97 Å². The molecule has 0 radical (unpaired) electrons. The molecule has 6 nitrogen and oxygen atoms in total. The van der Waals surface area contributed by atoms with E-state index in [9.17, 15) is 0 Å². The van der Waals surface area contributed by atoms with E-state index >= 15 is 0 Å². The molecule has 0 N–H and O–H groups in total. The predicted octanol–water partition coefficient (Wildman–Crippen LogP) is 5.89. The van der Waals surface area contributed by atoms with Crippen molar-refractivity contribution in [2.24, 2.45) is 5.92 Å². The van der Waals surface area contributed by atoms with Crippen LogP contribution in [0.4, 0.5) is 0 Å². The summed E-state index contributed by atoms with van der Waals surface area (Å²) in [4.78, 5) is 9.18. The number of hydrogen-bond acceptors (Lipinski definition) is 6. The smallest absolute Gasteiger partial charge is 0.217 e. The van der Waals surface area contributed by atoms with Gasteiger partial charge in [0.2, 0.25) is 5.88 Å². The highest BCUT2D eigenvalue weighted by Crippen LogP contribution is 2.31. The molecule has 0 bridgehead atoms. The molecule has 1 fully saturated rings. The van der Waals surface area contributed by atoms with Crippen LogP contribution in [0.2, 0.25) is 0 Å². The standard InChI is InChI=1S/C27H34N2O4/c1-3-4-14-32-27-20(2)25(29-24-8-6-5-7-23(24)27)19-33-26-18-22(9-13-28-26)31-17-12-21-10-15-30-16-11-21/h5-9,13,18,21H,3-4,10-12,14-17,19H2,1-2H3. The molecule has 4 rings (SSSR count). The highest BCUT2D eigenvalue weighted by Gasteiger charge is 2.15. The zero-order valence-corrected chi connectivity index (χ0v) is 19.7. The number of aromatic nitrogens is 2. The summed E-state index contributed by atoms with van der Waals surface area (Å²) in [5, 5.41) is 1.04.